The molecular formula is C15H25NO4S. The number of ether oxygens (including phenoxy) is 1. The number of benzene rings is 1. The van der Waals surface area contributed by atoms with Crippen LogP contribution in [0.15, 0.2) is 23.1 Å². The molecule has 0 heterocycles. The minimum atomic E-state index is -3.53. The number of rotatable bonds is 8. The monoisotopic (exact) mass is 315 g/mol. The lowest BCUT2D eigenvalue weighted by molar-refractivity contribution is 0.242. The van der Waals surface area contributed by atoms with Crippen molar-refractivity contribution in [2.45, 2.75) is 38.5 Å². The van der Waals surface area contributed by atoms with Gasteiger partial charge in [0, 0.05) is 13.2 Å². The smallest absolute Gasteiger partial charge is 0.240 e. The highest BCUT2D eigenvalue weighted by Gasteiger charge is 2.22. The standard InChI is InChI=1S/C15H25NO4S/c1-12-10-13(6-7-14(12)20-4)21(18,19)16-11-15(2,3)8-5-9-17/h6-7,10,16-17H,5,8-9,11H2,1-4H3. The zero-order valence-corrected chi connectivity index (χ0v) is 14.0. The molecule has 21 heavy (non-hydrogen) atoms. The van der Waals surface area contributed by atoms with Crippen molar-refractivity contribution in [3.05, 3.63) is 23.8 Å². The molecule has 0 saturated heterocycles. The molecule has 6 heteroatoms. The third-order valence-electron chi connectivity index (χ3n) is 3.43. The predicted octanol–water partition coefficient (Wildman–Crippen LogP) is 2.08. The Kier molecular flexibility index (Phi) is 6.19. The largest absolute Gasteiger partial charge is 0.496 e. The maximum Gasteiger partial charge on any atom is 0.240 e. The highest BCUT2D eigenvalue weighted by Crippen LogP contribution is 2.24. The molecule has 0 aliphatic carbocycles. The molecule has 0 atom stereocenters. The number of methoxy groups -OCH3 is 1. The van der Waals surface area contributed by atoms with Crippen molar-refractivity contribution in [3.8, 4) is 5.75 Å². The van der Waals surface area contributed by atoms with E-state index in [0.717, 1.165) is 12.0 Å². The van der Waals surface area contributed by atoms with E-state index >= 15 is 0 Å². The number of aliphatic hydroxyl groups excluding tert-OH is 1. The number of hydrogen-bond acceptors (Lipinski definition) is 4. The Labute approximate surface area is 127 Å². The number of nitrogens with one attached hydrogen (secondary N) is 1. The first kappa shape index (κ1) is 17.9. The van der Waals surface area contributed by atoms with E-state index in [1.165, 1.54) is 6.07 Å². The highest BCUT2D eigenvalue weighted by atomic mass is 32.2. The normalized spacial score (nSPS) is 12.4. The molecule has 0 aliphatic heterocycles. The summed E-state index contributed by atoms with van der Waals surface area (Å²) in [5, 5.41) is 8.87. The topological polar surface area (TPSA) is 75.6 Å². The van der Waals surface area contributed by atoms with E-state index in [-0.39, 0.29) is 16.9 Å². The second kappa shape index (κ2) is 7.24. The second-order valence-electron chi connectivity index (χ2n) is 5.95. The van der Waals surface area contributed by atoms with Crippen molar-refractivity contribution >= 4 is 10.0 Å². The molecule has 1 aromatic rings. The summed E-state index contributed by atoms with van der Waals surface area (Å²) < 4.78 is 32.4. The zero-order chi connectivity index (χ0) is 16.1. The quantitative estimate of drug-likeness (QED) is 0.770. The third kappa shape index (κ3) is 5.30. The van der Waals surface area contributed by atoms with E-state index in [0.29, 0.717) is 18.7 Å². The Hall–Kier alpha value is -1.11. The molecule has 0 aromatic heterocycles. The first-order chi connectivity index (χ1) is 9.72. The van der Waals surface area contributed by atoms with Crippen LogP contribution in [0.1, 0.15) is 32.3 Å². The van der Waals surface area contributed by atoms with E-state index in [2.05, 4.69) is 4.72 Å². The first-order valence-electron chi connectivity index (χ1n) is 6.97. The molecule has 0 unspecified atom stereocenters. The fourth-order valence-corrected chi connectivity index (χ4v) is 3.36. The van der Waals surface area contributed by atoms with Crippen molar-refractivity contribution in [2.24, 2.45) is 5.41 Å². The lowest BCUT2D eigenvalue weighted by atomic mass is 9.88. The second-order valence-corrected chi connectivity index (χ2v) is 7.71. The SMILES string of the molecule is COc1ccc(S(=O)(=O)NCC(C)(C)CCCO)cc1C. The van der Waals surface area contributed by atoms with Gasteiger partial charge in [0.25, 0.3) is 0 Å². The van der Waals surface area contributed by atoms with Crippen LogP contribution in [0, 0.1) is 12.3 Å². The van der Waals surface area contributed by atoms with Crippen LogP contribution < -0.4 is 9.46 Å². The van der Waals surface area contributed by atoms with E-state index < -0.39 is 10.0 Å². The molecule has 0 radical (unpaired) electrons. The highest BCUT2D eigenvalue weighted by molar-refractivity contribution is 7.89. The molecule has 0 amide bonds. The molecule has 120 valence electrons. The summed E-state index contributed by atoms with van der Waals surface area (Å²) in [4.78, 5) is 0.235. The molecule has 0 fully saturated rings. The van der Waals surface area contributed by atoms with Crippen molar-refractivity contribution in [1.29, 1.82) is 0 Å². The van der Waals surface area contributed by atoms with Crippen LogP contribution in [0.3, 0.4) is 0 Å². The van der Waals surface area contributed by atoms with E-state index in [1.807, 2.05) is 20.8 Å². The van der Waals surface area contributed by atoms with Gasteiger partial charge in [0.1, 0.15) is 5.75 Å². The van der Waals surface area contributed by atoms with Crippen molar-refractivity contribution < 1.29 is 18.3 Å². The molecule has 0 aliphatic rings. The van der Waals surface area contributed by atoms with Gasteiger partial charge in [-0.05, 0) is 48.9 Å². The van der Waals surface area contributed by atoms with Crippen molar-refractivity contribution in [1.82, 2.24) is 4.72 Å². The van der Waals surface area contributed by atoms with Gasteiger partial charge in [0.2, 0.25) is 10.0 Å². The molecule has 5 nitrogen and oxygen atoms in total. The molecule has 0 spiro atoms. The van der Waals surface area contributed by atoms with Crippen molar-refractivity contribution in [2.75, 3.05) is 20.3 Å². The van der Waals surface area contributed by atoms with Gasteiger partial charge in [0.05, 0.1) is 12.0 Å². The number of sulfonamides is 1. The maximum atomic E-state index is 12.3. The van der Waals surface area contributed by atoms with E-state index in [9.17, 15) is 8.42 Å². The number of aliphatic hydroxyl groups is 1. The fraction of sp³-hybridized carbons (Fsp3) is 0.600. The van der Waals surface area contributed by atoms with Crippen LogP contribution in [0.5, 0.6) is 5.75 Å². The summed E-state index contributed by atoms with van der Waals surface area (Å²) in [6.07, 6.45) is 1.42. The van der Waals surface area contributed by atoms with E-state index in [4.69, 9.17) is 9.84 Å². The van der Waals surface area contributed by atoms with Crippen LogP contribution in [0.25, 0.3) is 0 Å². The van der Waals surface area contributed by atoms with Gasteiger partial charge in [-0.25, -0.2) is 13.1 Å². The van der Waals surface area contributed by atoms with Gasteiger partial charge < -0.3 is 9.84 Å². The molecule has 0 saturated carbocycles. The Morgan fingerprint density at radius 2 is 2.00 bits per heavy atom. The fourth-order valence-electron chi connectivity index (χ4n) is 2.04. The lowest BCUT2D eigenvalue weighted by Gasteiger charge is -2.24. The minimum absolute atomic E-state index is 0.119. The average Bonchev–Trinajstić information content (AvgIpc) is 2.43. The molecular weight excluding hydrogens is 290 g/mol. The third-order valence-corrected chi connectivity index (χ3v) is 4.83. The van der Waals surface area contributed by atoms with Gasteiger partial charge >= 0.3 is 0 Å². The molecule has 1 rings (SSSR count). The average molecular weight is 315 g/mol. The summed E-state index contributed by atoms with van der Waals surface area (Å²) in [5.74, 6) is 0.664. The van der Waals surface area contributed by atoms with Crippen LogP contribution >= 0.6 is 0 Å². The van der Waals surface area contributed by atoms with Gasteiger partial charge in [-0.15, -0.1) is 0 Å². The summed E-state index contributed by atoms with van der Waals surface area (Å²) in [6, 6.07) is 4.79. The van der Waals surface area contributed by atoms with Crippen LogP contribution in [-0.4, -0.2) is 33.8 Å². The van der Waals surface area contributed by atoms with Crippen LogP contribution in [-0.2, 0) is 10.0 Å². The van der Waals surface area contributed by atoms with Gasteiger partial charge in [-0.2, -0.15) is 0 Å². The summed E-state index contributed by atoms with van der Waals surface area (Å²) >= 11 is 0. The van der Waals surface area contributed by atoms with Gasteiger partial charge in [-0.1, -0.05) is 13.8 Å². The number of aryl methyl sites for hydroxylation is 1. The van der Waals surface area contributed by atoms with Crippen molar-refractivity contribution in [3.63, 3.8) is 0 Å². The minimum Gasteiger partial charge on any atom is -0.496 e. The summed E-state index contributed by atoms with van der Waals surface area (Å²) in [5.41, 5.74) is 0.581. The van der Waals surface area contributed by atoms with Crippen LogP contribution in [0.2, 0.25) is 0 Å². The van der Waals surface area contributed by atoms with Gasteiger partial charge in [0.15, 0.2) is 0 Å². The molecule has 0 bridgehead atoms. The Morgan fingerprint density at radius 1 is 1.33 bits per heavy atom. The Morgan fingerprint density at radius 3 is 2.52 bits per heavy atom. The van der Waals surface area contributed by atoms with Crippen LogP contribution in [0.4, 0.5) is 0 Å². The number of hydrogen-bond donors (Lipinski definition) is 2. The zero-order valence-electron chi connectivity index (χ0n) is 13.1. The molecule has 1 aromatic carbocycles. The van der Waals surface area contributed by atoms with Gasteiger partial charge in [-0.3, -0.25) is 0 Å². The Balaban J connectivity index is 2.80. The predicted molar refractivity (Wildman–Crippen MR) is 83.0 cm³/mol. The maximum absolute atomic E-state index is 12.3. The van der Waals surface area contributed by atoms with E-state index in [1.54, 1.807) is 19.2 Å². The lowest BCUT2D eigenvalue weighted by Crippen LogP contribution is -2.34. The molecule has 2 N–H and O–H groups in total. The summed E-state index contributed by atoms with van der Waals surface area (Å²) in [7, 11) is -1.98. The Bertz CT molecular complexity index is 567. The summed E-state index contributed by atoms with van der Waals surface area (Å²) in [6.45, 7) is 6.21. The first-order valence-corrected chi connectivity index (χ1v) is 8.45.